The van der Waals surface area contributed by atoms with Crippen LogP contribution in [0.4, 0.5) is 5.82 Å². The Morgan fingerprint density at radius 2 is 2.10 bits per heavy atom. The highest BCUT2D eigenvalue weighted by molar-refractivity contribution is 7.16. The summed E-state index contributed by atoms with van der Waals surface area (Å²) in [6.45, 7) is 5.18. The van der Waals surface area contributed by atoms with Crippen LogP contribution in [-0.4, -0.2) is 21.5 Å². The number of fused-ring (bicyclic) bond motifs is 1. The van der Waals surface area contributed by atoms with E-state index in [2.05, 4.69) is 46.6 Å². The van der Waals surface area contributed by atoms with E-state index in [4.69, 9.17) is 4.98 Å². The molecule has 0 atom stereocenters. The summed E-state index contributed by atoms with van der Waals surface area (Å²) in [5.41, 5.74) is 2.06. The second-order valence-corrected chi connectivity index (χ2v) is 5.72. The fraction of sp³-hybridized carbons (Fsp3) is 0.312. The predicted octanol–water partition coefficient (Wildman–Crippen LogP) is 4.14. The lowest BCUT2D eigenvalue weighted by atomic mass is 10.1. The molecule has 3 aromatic heterocycles. The molecule has 0 bridgehead atoms. The standard InChI is InChI=1S/C16H18N4S/c1-3-8-18-14-12-7-10-21-16(12)20-15(19-14)13-11(4-2)6-5-9-17-13/h5-7,9-10H,3-4,8H2,1-2H3,(H,18,19,20). The minimum absolute atomic E-state index is 0.709. The molecule has 0 aliphatic carbocycles. The Morgan fingerprint density at radius 3 is 2.90 bits per heavy atom. The fourth-order valence-electron chi connectivity index (χ4n) is 2.26. The van der Waals surface area contributed by atoms with Crippen LogP contribution in [0.1, 0.15) is 25.8 Å². The third kappa shape index (κ3) is 2.74. The van der Waals surface area contributed by atoms with Crippen molar-refractivity contribution in [3.05, 3.63) is 35.3 Å². The van der Waals surface area contributed by atoms with Gasteiger partial charge in [-0.2, -0.15) is 0 Å². The van der Waals surface area contributed by atoms with Crippen molar-refractivity contribution in [1.29, 1.82) is 0 Å². The van der Waals surface area contributed by atoms with Gasteiger partial charge in [0, 0.05) is 12.7 Å². The second-order valence-electron chi connectivity index (χ2n) is 4.83. The molecule has 3 aromatic rings. The Kier molecular flexibility index (Phi) is 4.10. The van der Waals surface area contributed by atoms with Crippen molar-refractivity contribution in [2.45, 2.75) is 26.7 Å². The van der Waals surface area contributed by atoms with Gasteiger partial charge in [-0.3, -0.25) is 4.98 Å². The van der Waals surface area contributed by atoms with Crippen LogP contribution in [0.15, 0.2) is 29.8 Å². The van der Waals surface area contributed by atoms with Gasteiger partial charge < -0.3 is 5.32 Å². The topological polar surface area (TPSA) is 50.7 Å². The van der Waals surface area contributed by atoms with Crippen molar-refractivity contribution in [3.63, 3.8) is 0 Å². The van der Waals surface area contributed by atoms with Crippen molar-refractivity contribution in [3.8, 4) is 11.5 Å². The molecule has 0 aliphatic rings. The summed E-state index contributed by atoms with van der Waals surface area (Å²) in [5.74, 6) is 1.62. The first-order valence-corrected chi connectivity index (χ1v) is 8.14. The molecule has 3 rings (SSSR count). The average molecular weight is 298 g/mol. The second kappa shape index (κ2) is 6.18. The zero-order chi connectivity index (χ0) is 14.7. The van der Waals surface area contributed by atoms with Crippen molar-refractivity contribution in [2.24, 2.45) is 0 Å². The van der Waals surface area contributed by atoms with Crippen LogP contribution in [0.3, 0.4) is 0 Å². The molecule has 4 nitrogen and oxygen atoms in total. The SMILES string of the molecule is CCCNc1nc(-c2ncccc2CC)nc2sccc12. The lowest BCUT2D eigenvalue weighted by molar-refractivity contribution is 0.969. The molecular formula is C16H18N4S. The third-order valence-corrected chi connectivity index (χ3v) is 4.16. The summed E-state index contributed by atoms with van der Waals surface area (Å²) < 4.78 is 0. The lowest BCUT2D eigenvalue weighted by Gasteiger charge is -2.09. The number of aromatic nitrogens is 3. The highest BCUT2D eigenvalue weighted by Gasteiger charge is 2.13. The number of anilines is 1. The van der Waals surface area contributed by atoms with E-state index < -0.39 is 0 Å². The molecule has 0 aliphatic heterocycles. The monoisotopic (exact) mass is 298 g/mol. The number of nitrogens with one attached hydrogen (secondary N) is 1. The van der Waals surface area contributed by atoms with E-state index in [1.807, 2.05) is 6.07 Å². The smallest absolute Gasteiger partial charge is 0.181 e. The first kappa shape index (κ1) is 13.9. The molecule has 5 heteroatoms. The zero-order valence-corrected chi connectivity index (χ0v) is 13.1. The Hall–Kier alpha value is -2.01. The van der Waals surface area contributed by atoms with Crippen molar-refractivity contribution in [2.75, 3.05) is 11.9 Å². The fourth-order valence-corrected chi connectivity index (χ4v) is 3.03. The largest absolute Gasteiger partial charge is 0.369 e. The van der Waals surface area contributed by atoms with Crippen LogP contribution in [0.2, 0.25) is 0 Å². The van der Waals surface area contributed by atoms with E-state index in [0.29, 0.717) is 5.82 Å². The summed E-state index contributed by atoms with van der Waals surface area (Å²) in [5, 5.41) is 6.54. The minimum atomic E-state index is 0.709. The maximum absolute atomic E-state index is 4.71. The first-order valence-electron chi connectivity index (χ1n) is 7.26. The van der Waals surface area contributed by atoms with Gasteiger partial charge in [-0.25, -0.2) is 9.97 Å². The molecule has 0 spiro atoms. The van der Waals surface area contributed by atoms with Crippen LogP contribution in [-0.2, 0) is 6.42 Å². The highest BCUT2D eigenvalue weighted by Crippen LogP contribution is 2.29. The summed E-state index contributed by atoms with van der Waals surface area (Å²) in [6, 6.07) is 6.12. The van der Waals surface area contributed by atoms with Crippen LogP contribution >= 0.6 is 11.3 Å². The van der Waals surface area contributed by atoms with Gasteiger partial charge in [-0.15, -0.1) is 11.3 Å². The molecule has 0 saturated heterocycles. The number of pyridine rings is 1. The van der Waals surface area contributed by atoms with E-state index >= 15 is 0 Å². The van der Waals surface area contributed by atoms with Gasteiger partial charge in [-0.1, -0.05) is 19.9 Å². The van der Waals surface area contributed by atoms with Crippen molar-refractivity contribution >= 4 is 27.4 Å². The van der Waals surface area contributed by atoms with Gasteiger partial charge in [0.1, 0.15) is 16.3 Å². The van der Waals surface area contributed by atoms with Crippen LogP contribution in [0, 0.1) is 0 Å². The molecule has 3 heterocycles. The van der Waals surface area contributed by atoms with Gasteiger partial charge in [0.05, 0.1) is 5.39 Å². The van der Waals surface area contributed by atoms with Gasteiger partial charge in [0.25, 0.3) is 0 Å². The molecule has 0 amide bonds. The Bertz CT molecular complexity index is 751. The average Bonchev–Trinajstić information content (AvgIpc) is 3.01. The highest BCUT2D eigenvalue weighted by atomic mass is 32.1. The molecular weight excluding hydrogens is 280 g/mol. The van der Waals surface area contributed by atoms with E-state index in [-0.39, 0.29) is 0 Å². The van der Waals surface area contributed by atoms with Gasteiger partial charge in [0.15, 0.2) is 5.82 Å². The molecule has 0 fully saturated rings. The maximum Gasteiger partial charge on any atom is 0.181 e. The predicted molar refractivity (Wildman–Crippen MR) is 88.8 cm³/mol. The number of hydrogen-bond acceptors (Lipinski definition) is 5. The van der Waals surface area contributed by atoms with Gasteiger partial charge in [0.2, 0.25) is 0 Å². The van der Waals surface area contributed by atoms with E-state index in [9.17, 15) is 0 Å². The van der Waals surface area contributed by atoms with Crippen LogP contribution in [0.5, 0.6) is 0 Å². The summed E-state index contributed by atoms with van der Waals surface area (Å²) >= 11 is 1.64. The number of hydrogen-bond donors (Lipinski definition) is 1. The molecule has 0 aromatic carbocycles. The first-order chi connectivity index (χ1) is 10.3. The molecule has 108 valence electrons. The van der Waals surface area contributed by atoms with Crippen molar-refractivity contribution in [1.82, 2.24) is 15.0 Å². The van der Waals surface area contributed by atoms with E-state index in [1.165, 1.54) is 5.56 Å². The number of thiophene rings is 1. The normalized spacial score (nSPS) is 11.0. The maximum atomic E-state index is 4.71. The third-order valence-electron chi connectivity index (χ3n) is 3.35. The summed E-state index contributed by atoms with van der Waals surface area (Å²) in [4.78, 5) is 14.9. The van der Waals surface area contributed by atoms with Crippen LogP contribution in [0.25, 0.3) is 21.7 Å². The van der Waals surface area contributed by atoms with Crippen LogP contribution < -0.4 is 5.32 Å². The zero-order valence-electron chi connectivity index (χ0n) is 12.3. The quantitative estimate of drug-likeness (QED) is 0.769. The lowest BCUT2D eigenvalue weighted by Crippen LogP contribution is -2.05. The molecule has 0 saturated carbocycles. The number of rotatable bonds is 5. The van der Waals surface area contributed by atoms with Gasteiger partial charge >= 0.3 is 0 Å². The summed E-state index contributed by atoms with van der Waals surface area (Å²) in [7, 11) is 0. The van der Waals surface area contributed by atoms with Gasteiger partial charge in [-0.05, 0) is 35.9 Å². The molecule has 21 heavy (non-hydrogen) atoms. The van der Waals surface area contributed by atoms with Crippen molar-refractivity contribution < 1.29 is 0 Å². The van der Waals surface area contributed by atoms with E-state index in [1.54, 1.807) is 17.5 Å². The Balaban J connectivity index is 2.14. The summed E-state index contributed by atoms with van der Waals surface area (Å²) in [6.07, 6.45) is 3.79. The molecule has 0 unspecified atom stereocenters. The molecule has 0 radical (unpaired) electrons. The minimum Gasteiger partial charge on any atom is -0.369 e. The number of nitrogens with zero attached hydrogens (tertiary/aromatic N) is 3. The number of aryl methyl sites for hydroxylation is 1. The van der Waals surface area contributed by atoms with E-state index in [0.717, 1.165) is 41.1 Å². The Morgan fingerprint density at radius 1 is 1.19 bits per heavy atom. The Labute approximate surface area is 128 Å². The molecule has 1 N–H and O–H groups in total.